The molecule has 1 heterocycles. The number of carbonyl (C=O) groups excluding carboxylic acids is 1. The van der Waals surface area contributed by atoms with E-state index < -0.39 is 10.0 Å². The number of nitrogens with zero attached hydrogens (tertiary/aromatic N) is 2. The van der Waals surface area contributed by atoms with E-state index in [9.17, 15) is 13.2 Å². The van der Waals surface area contributed by atoms with Gasteiger partial charge in [-0.15, -0.1) is 0 Å². The Labute approximate surface area is 144 Å². The summed E-state index contributed by atoms with van der Waals surface area (Å²) in [6, 6.07) is 5.76. The molecule has 1 fully saturated rings. The van der Waals surface area contributed by atoms with Gasteiger partial charge in [-0.3, -0.25) is 9.10 Å². The van der Waals surface area contributed by atoms with Crippen LogP contribution in [0.15, 0.2) is 18.2 Å². The van der Waals surface area contributed by atoms with Crippen molar-refractivity contribution in [2.45, 2.75) is 26.7 Å². The van der Waals surface area contributed by atoms with Crippen molar-refractivity contribution in [2.24, 2.45) is 0 Å². The fraction of sp³-hybridized carbons (Fsp3) is 0.588. The van der Waals surface area contributed by atoms with Crippen LogP contribution in [0.4, 0.5) is 5.69 Å². The van der Waals surface area contributed by atoms with Gasteiger partial charge in [0.2, 0.25) is 15.9 Å². The van der Waals surface area contributed by atoms with Crippen LogP contribution in [0, 0.1) is 6.92 Å². The molecule has 1 aromatic carbocycles. The zero-order valence-corrected chi connectivity index (χ0v) is 15.4. The number of aryl methyl sites for hydroxylation is 2. The molecule has 7 heteroatoms. The smallest absolute Gasteiger partial charge is 0.232 e. The minimum absolute atomic E-state index is 0.0291. The molecule has 2 rings (SSSR count). The molecule has 1 aromatic rings. The number of ether oxygens (including phenoxy) is 1. The number of rotatable bonds is 6. The third-order valence-electron chi connectivity index (χ3n) is 4.24. The van der Waals surface area contributed by atoms with Gasteiger partial charge < -0.3 is 9.64 Å². The summed E-state index contributed by atoms with van der Waals surface area (Å²) in [7, 11) is -3.46. The predicted octanol–water partition coefficient (Wildman–Crippen LogP) is 1.57. The zero-order chi connectivity index (χ0) is 17.7. The van der Waals surface area contributed by atoms with Crippen LogP contribution in [0.2, 0.25) is 0 Å². The first-order chi connectivity index (χ1) is 11.3. The van der Waals surface area contributed by atoms with Crippen LogP contribution in [0.3, 0.4) is 0 Å². The molecule has 1 aliphatic rings. The lowest BCUT2D eigenvalue weighted by Gasteiger charge is -2.29. The molecule has 0 aromatic heterocycles. The number of anilines is 1. The highest BCUT2D eigenvalue weighted by atomic mass is 32.2. The molecule has 0 aliphatic carbocycles. The summed E-state index contributed by atoms with van der Waals surface area (Å²) in [5.41, 5.74) is 2.58. The van der Waals surface area contributed by atoms with Gasteiger partial charge in [-0.05, 0) is 24.5 Å². The van der Waals surface area contributed by atoms with Gasteiger partial charge in [-0.2, -0.15) is 0 Å². The number of amides is 1. The fourth-order valence-electron chi connectivity index (χ4n) is 2.97. The number of para-hydroxylation sites is 1. The average Bonchev–Trinajstić information content (AvgIpc) is 2.55. The number of hydrogen-bond donors (Lipinski definition) is 0. The maximum absolute atomic E-state index is 12.3. The van der Waals surface area contributed by atoms with E-state index in [1.54, 1.807) is 4.90 Å². The van der Waals surface area contributed by atoms with Crippen molar-refractivity contribution in [3.63, 3.8) is 0 Å². The van der Waals surface area contributed by atoms with Crippen molar-refractivity contribution in [2.75, 3.05) is 43.4 Å². The third kappa shape index (κ3) is 4.48. The Kier molecular flexibility index (Phi) is 6.23. The van der Waals surface area contributed by atoms with Crippen LogP contribution in [-0.4, -0.2) is 58.3 Å². The van der Waals surface area contributed by atoms with Gasteiger partial charge in [0.05, 0.1) is 25.2 Å². The Balaban J connectivity index is 2.20. The second-order valence-electron chi connectivity index (χ2n) is 6.01. The number of benzene rings is 1. The Hall–Kier alpha value is -1.60. The van der Waals surface area contributed by atoms with Gasteiger partial charge in [-0.1, -0.05) is 25.1 Å². The summed E-state index contributed by atoms with van der Waals surface area (Å²) in [6.45, 7) is 6.28. The van der Waals surface area contributed by atoms with E-state index in [4.69, 9.17) is 4.74 Å². The SMILES string of the molecule is CCc1cccc(C)c1N(CCC(=O)N1CCOCC1)S(C)(=O)=O. The summed E-state index contributed by atoms with van der Waals surface area (Å²) < 4.78 is 31.3. The monoisotopic (exact) mass is 354 g/mol. The first-order valence-corrected chi connectivity index (χ1v) is 10.1. The van der Waals surface area contributed by atoms with Crippen LogP contribution in [0.1, 0.15) is 24.5 Å². The standard InChI is InChI=1S/C17H26N2O4S/c1-4-15-7-5-6-14(2)17(15)19(24(3,21)22)9-8-16(20)18-10-12-23-13-11-18/h5-7H,4,8-13H2,1-3H3. The van der Waals surface area contributed by atoms with E-state index in [1.807, 2.05) is 32.0 Å². The van der Waals surface area contributed by atoms with Gasteiger partial charge >= 0.3 is 0 Å². The number of carbonyl (C=O) groups is 1. The molecule has 1 saturated heterocycles. The maximum atomic E-state index is 12.3. The van der Waals surface area contributed by atoms with Crippen LogP contribution in [0.25, 0.3) is 0 Å². The summed E-state index contributed by atoms with van der Waals surface area (Å²) in [5, 5.41) is 0. The van der Waals surface area contributed by atoms with Gasteiger partial charge in [0.15, 0.2) is 0 Å². The Morgan fingerprint density at radius 2 is 1.96 bits per heavy atom. The Morgan fingerprint density at radius 1 is 1.29 bits per heavy atom. The number of hydrogen-bond acceptors (Lipinski definition) is 4. The highest BCUT2D eigenvalue weighted by Crippen LogP contribution is 2.28. The molecular weight excluding hydrogens is 328 g/mol. The van der Waals surface area contributed by atoms with Crippen molar-refractivity contribution in [3.8, 4) is 0 Å². The summed E-state index contributed by atoms with van der Waals surface area (Å²) >= 11 is 0. The van der Waals surface area contributed by atoms with Gasteiger partial charge in [-0.25, -0.2) is 8.42 Å². The van der Waals surface area contributed by atoms with Crippen molar-refractivity contribution in [1.82, 2.24) is 4.90 Å². The fourth-order valence-corrected chi connectivity index (χ4v) is 3.99. The molecule has 24 heavy (non-hydrogen) atoms. The topological polar surface area (TPSA) is 66.9 Å². The molecule has 0 radical (unpaired) electrons. The lowest BCUT2D eigenvalue weighted by Crippen LogP contribution is -2.42. The van der Waals surface area contributed by atoms with Crippen molar-refractivity contribution in [1.29, 1.82) is 0 Å². The minimum Gasteiger partial charge on any atom is -0.378 e. The van der Waals surface area contributed by atoms with Crippen LogP contribution in [0.5, 0.6) is 0 Å². The van der Waals surface area contributed by atoms with Gasteiger partial charge in [0.25, 0.3) is 0 Å². The number of morpholine rings is 1. The zero-order valence-electron chi connectivity index (χ0n) is 14.6. The van der Waals surface area contributed by atoms with Gasteiger partial charge in [0.1, 0.15) is 0 Å². The second kappa shape index (κ2) is 7.98. The quantitative estimate of drug-likeness (QED) is 0.778. The first-order valence-electron chi connectivity index (χ1n) is 8.26. The van der Waals surface area contributed by atoms with Crippen LogP contribution in [-0.2, 0) is 26.0 Å². The van der Waals surface area contributed by atoms with Crippen molar-refractivity contribution >= 4 is 21.6 Å². The molecule has 0 atom stereocenters. The molecule has 6 nitrogen and oxygen atoms in total. The lowest BCUT2D eigenvalue weighted by molar-refractivity contribution is -0.135. The molecular formula is C17H26N2O4S. The van der Waals surface area contributed by atoms with E-state index in [1.165, 1.54) is 10.6 Å². The molecule has 1 amide bonds. The van der Waals surface area contributed by atoms with Crippen molar-refractivity contribution in [3.05, 3.63) is 29.3 Å². The highest BCUT2D eigenvalue weighted by Gasteiger charge is 2.24. The second-order valence-corrected chi connectivity index (χ2v) is 7.92. The third-order valence-corrected chi connectivity index (χ3v) is 5.41. The molecule has 0 unspecified atom stereocenters. The first kappa shape index (κ1) is 18.7. The Bertz CT molecular complexity index is 682. The summed E-state index contributed by atoms with van der Waals surface area (Å²) in [4.78, 5) is 14.1. The highest BCUT2D eigenvalue weighted by molar-refractivity contribution is 7.92. The molecule has 134 valence electrons. The lowest BCUT2D eigenvalue weighted by atomic mass is 10.1. The summed E-state index contributed by atoms with van der Waals surface area (Å²) in [5.74, 6) is -0.0291. The van der Waals surface area contributed by atoms with Crippen molar-refractivity contribution < 1.29 is 17.9 Å². The number of sulfonamides is 1. The molecule has 0 N–H and O–H groups in total. The van der Waals surface area contributed by atoms with E-state index >= 15 is 0 Å². The Morgan fingerprint density at radius 3 is 2.54 bits per heavy atom. The predicted molar refractivity (Wildman–Crippen MR) is 94.8 cm³/mol. The average molecular weight is 354 g/mol. The molecule has 0 bridgehead atoms. The molecule has 0 spiro atoms. The van der Waals surface area contributed by atoms with Crippen LogP contribution < -0.4 is 4.31 Å². The largest absolute Gasteiger partial charge is 0.378 e. The van der Waals surface area contributed by atoms with Gasteiger partial charge in [0, 0.05) is 26.1 Å². The normalized spacial score (nSPS) is 15.4. The molecule has 0 saturated carbocycles. The van der Waals surface area contributed by atoms with E-state index in [2.05, 4.69) is 0 Å². The minimum atomic E-state index is -3.46. The van der Waals surface area contributed by atoms with Crippen LogP contribution >= 0.6 is 0 Å². The molecule has 1 aliphatic heterocycles. The summed E-state index contributed by atoms with van der Waals surface area (Å²) in [6.07, 6.45) is 2.10. The van der Waals surface area contributed by atoms with E-state index in [0.717, 1.165) is 17.5 Å². The van der Waals surface area contributed by atoms with E-state index in [-0.39, 0.29) is 18.9 Å². The van der Waals surface area contributed by atoms with E-state index in [0.29, 0.717) is 32.0 Å². The maximum Gasteiger partial charge on any atom is 0.232 e.